The molecular weight excluding hydrogens is 257 g/mol. The molecule has 1 aromatic rings. The van der Waals surface area contributed by atoms with E-state index in [1.165, 1.54) is 13.2 Å². The molecule has 0 heterocycles. The molecule has 0 saturated carbocycles. The van der Waals surface area contributed by atoms with Crippen LogP contribution in [0.1, 0.15) is 0 Å². The zero-order chi connectivity index (χ0) is 14.3. The lowest BCUT2D eigenvalue weighted by atomic mass is 10.2. The molecule has 0 spiro atoms. The first-order chi connectivity index (χ1) is 9.04. The zero-order valence-electron chi connectivity index (χ0n) is 10.3. The maximum absolute atomic E-state index is 12.9. The quantitative estimate of drug-likeness (QED) is 0.437. The van der Waals surface area contributed by atoms with Crippen LogP contribution in [0.5, 0.6) is 0 Å². The van der Waals surface area contributed by atoms with Crippen LogP contribution in [-0.4, -0.2) is 37.6 Å². The second-order valence-corrected chi connectivity index (χ2v) is 3.61. The molecule has 0 aliphatic rings. The van der Waals surface area contributed by atoms with Gasteiger partial charge < -0.3 is 15.4 Å². The van der Waals surface area contributed by atoms with Gasteiger partial charge in [-0.3, -0.25) is 14.9 Å². The number of benzene rings is 1. The summed E-state index contributed by atoms with van der Waals surface area (Å²) in [5.41, 5.74) is -0.321. The predicted molar refractivity (Wildman–Crippen MR) is 66.4 cm³/mol. The van der Waals surface area contributed by atoms with Gasteiger partial charge >= 0.3 is 0 Å². The predicted octanol–water partition coefficient (Wildman–Crippen LogP) is 0.908. The van der Waals surface area contributed by atoms with Crippen LogP contribution in [-0.2, 0) is 9.53 Å². The van der Waals surface area contributed by atoms with E-state index in [9.17, 15) is 19.3 Å². The number of nitrogens with zero attached hydrogens (tertiary/aromatic N) is 1. The van der Waals surface area contributed by atoms with Crippen LogP contribution >= 0.6 is 0 Å². The van der Waals surface area contributed by atoms with Gasteiger partial charge in [-0.15, -0.1) is 0 Å². The number of methoxy groups -OCH3 is 1. The van der Waals surface area contributed by atoms with Gasteiger partial charge in [-0.1, -0.05) is 0 Å². The second kappa shape index (κ2) is 7.27. The molecule has 2 N–H and O–H groups in total. The summed E-state index contributed by atoms with van der Waals surface area (Å²) in [5.74, 6) is -1.04. The third-order valence-electron chi connectivity index (χ3n) is 2.22. The first kappa shape index (κ1) is 14.8. The fourth-order valence-corrected chi connectivity index (χ4v) is 1.34. The SMILES string of the molecule is COCCNC(=O)CNc1ccc(F)cc1[N+](=O)[O-]. The number of hydrogen-bond donors (Lipinski definition) is 2. The molecule has 0 saturated heterocycles. The Bertz CT molecular complexity index is 467. The lowest BCUT2D eigenvalue weighted by Crippen LogP contribution is -2.32. The number of halogens is 1. The number of nitrogens with one attached hydrogen (secondary N) is 2. The van der Waals surface area contributed by atoms with Gasteiger partial charge in [0.25, 0.3) is 5.69 Å². The fraction of sp³-hybridized carbons (Fsp3) is 0.364. The van der Waals surface area contributed by atoms with Crippen molar-refractivity contribution in [1.82, 2.24) is 5.32 Å². The third kappa shape index (κ3) is 4.88. The Labute approximate surface area is 108 Å². The van der Waals surface area contributed by atoms with Crippen molar-refractivity contribution in [3.05, 3.63) is 34.1 Å². The maximum atomic E-state index is 12.9. The molecule has 7 nitrogen and oxygen atoms in total. The lowest BCUT2D eigenvalue weighted by molar-refractivity contribution is -0.384. The van der Waals surface area contributed by atoms with Gasteiger partial charge in [0.2, 0.25) is 5.91 Å². The van der Waals surface area contributed by atoms with Gasteiger partial charge in [0.15, 0.2) is 0 Å². The molecule has 0 aromatic heterocycles. The summed E-state index contributed by atoms with van der Waals surface area (Å²) in [6, 6.07) is 3.10. The Morgan fingerprint density at radius 2 is 2.26 bits per heavy atom. The van der Waals surface area contributed by atoms with Crippen molar-refractivity contribution >= 4 is 17.3 Å². The highest BCUT2D eigenvalue weighted by Crippen LogP contribution is 2.24. The molecule has 1 rings (SSSR count). The summed E-state index contributed by atoms with van der Waals surface area (Å²) in [4.78, 5) is 21.4. The van der Waals surface area contributed by atoms with E-state index >= 15 is 0 Å². The van der Waals surface area contributed by atoms with Crippen molar-refractivity contribution in [1.29, 1.82) is 0 Å². The number of hydrogen-bond acceptors (Lipinski definition) is 5. The summed E-state index contributed by atoms with van der Waals surface area (Å²) in [5, 5.41) is 15.8. The highest BCUT2D eigenvalue weighted by atomic mass is 19.1. The average Bonchev–Trinajstić information content (AvgIpc) is 2.37. The Morgan fingerprint density at radius 1 is 1.53 bits per heavy atom. The Balaban J connectivity index is 2.57. The molecule has 0 atom stereocenters. The maximum Gasteiger partial charge on any atom is 0.295 e. The minimum absolute atomic E-state index is 0.0910. The highest BCUT2D eigenvalue weighted by molar-refractivity contribution is 5.81. The van der Waals surface area contributed by atoms with E-state index in [2.05, 4.69) is 10.6 Å². The molecule has 1 amide bonds. The zero-order valence-corrected chi connectivity index (χ0v) is 10.3. The molecule has 104 valence electrons. The lowest BCUT2D eigenvalue weighted by Gasteiger charge is -2.07. The molecule has 0 bridgehead atoms. The van der Waals surface area contributed by atoms with Crippen molar-refractivity contribution in [2.75, 3.05) is 32.1 Å². The standard InChI is InChI=1S/C11H14FN3O4/c1-19-5-4-13-11(16)7-14-9-3-2-8(12)6-10(9)15(17)18/h2-3,6,14H,4-5,7H2,1H3,(H,13,16). The number of carbonyl (C=O) groups is 1. The van der Waals surface area contributed by atoms with Gasteiger partial charge in [0.1, 0.15) is 11.5 Å². The van der Waals surface area contributed by atoms with Crippen molar-refractivity contribution < 1.29 is 18.8 Å². The van der Waals surface area contributed by atoms with Crippen molar-refractivity contribution in [3.8, 4) is 0 Å². The van der Waals surface area contributed by atoms with Crippen molar-refractivity contribution in [2.24, 2.45) is 0 Å². The summed E-state index contributed by atoms with van der Waals surface area (Å²) >= 11 is 0. The van der Waals surface area contributed by atoms with Gasteiger partial charge in [0, 0.05) is 13.7 Å². The van der Waals surface area contributed by atoms with E-state index < -0.39 is 16.4 Å². The van der Waals surface area contributed by atoms with Gasteiger partial charge in [0.05, 0.1) is 24.1 Å². The number of carbonyl (C=O) groups excluding carboxylic acids is 1. The molecule has 1 aromatic carbocycles. The molecular formula is C11H14FN3O4. The summed E-state index contributed by atoms with van der Waals surface area (Å²) < 4.78 is 17.6. The molecule has 19 heavy (non-hydrogen) atoms. The van der Waals surface area contributed by atoms with Crippen LogP contribution in [0.2, 0.25) is 0 Å². The number of nitro groups is 1. The summed E-state index contributed by atoms with van der Waals surface area (Å²) in [6.45, 7) is 0.584. The molecule has 0 unspecified atom stereocenters. The monoisotopic (exact) mass is 271 g/mol. The van der Waals surface area contributed by atoms with Gasteiger partial charge in [-0.05, 0) is 12.1 Å². The normalized spacial score (nSPS) is 10.0. The Morgan fingerprint density at radius 3 is 2.89 bits per heavy atom. The van der Waals surface area contributed by atoms with E-state index in [4.69, 9.17) is 4.74 Å². The Kier molecular flexibility index (Phi) is 5.68. The van der Waals surface area contributed by atoms with E-state index in [-0.39, 0.29) is 18.1 Å². The molecule has 8 heteroatoms. The van der Waals surface area contributed by atoms with E-state index in [0.29, 0.717) is 13.2 Å². The van der Waals surface area contributed by atoms with Crippen molar-refractivity contribution in [3.63, 3.8) is 0 Å². The largest absolute Gasteiger partial charge is 0.383 e. The van der Waals surface area contributed by atoms with Crippen LogP contribution in [0.3, 0.4) is 0 Å². The van der Waals surface area contributed by atoms with Gasteiger partial charge in [-0.25, -0.2) is 4.39 Å². The van der Waals surface area contributed by atoms with Crippen LogP contribution < -0.4 is 10.6 Å². The minimum Gasteiger partial charge on any atom is -0.383 e. The second-order valence-electron chi connectivity index (χ2n) is 3.61. The smallest absolute Gasteiger partial charge is 0.295 e. The summed E-state index contributed by atoms with van der Waals surface area (Å²) in [7, 11) is 1.51. The van der Waals surface area contributed by atoms with Crippen LogP contribution in [0.25, 0.3) is 0 Å². The Hall–Kier alpha value is -2.22. The fourth-order valence-electron chi connectivity index (χ4n) is 1.34. The molecule has 0 fully saturated rings. The highest BCUT2D eigenvalue weighted by Gasteiger charge is 2.15. The number of ether oxygens (including phenoxy) is 1. The first-order valence-electron chi connectivity index (χ1n) is 5.48. The van der Waals surface area contributed by atoms with Crippen LogP contribution in [0, 0.1) is 15.9 Å². The number of rotatable bonds is 7. The molecule has 0 radical (unpaired) electrons. The molecule has 0 aliphatic heterocycles. The first-order valence-corrected chi connectivity index (χ1v) is 5.48. The van der Waals surface area contributed by atoms with E-state index in [0.717, 1.165) is 12.1 Å². The molecule has 0 aliphatic carbocycles. The van der Waals surface area contributed by atoms with E-state index in [1.807, 2.05) is 0 Å². The summed E-state index contributed by atoms with van der Waals surface area (Å²) in [6.07, 6.45) is 0. The number of anilines is 1. The topological polar surface area (TPSA) is 93.5 Å². The van der Waals surface area contributed by atoms with E-state index in [1.54, 1.807) is 0 Å². The number of amides is 1. The number of nitro benzene ring substituents is 1. The van der Waals surface area contributed by atoms with Crippen LogP contribution in [0.4, 0.5) is 15.8 Å². The van der Waals surface area contributed by atoms with Crippen molar-refractivity contribution in [2.45, 2.75) is 0 Å². The average molecular weight is 271 g/mol. The van der Waals surface area contributed by atoms with Crippen LogP contribution in [0.15, 0.2) is 18.2 Å². The van der Waals surface area contributed by atoms with Gasteiger partial charge in [-0.2, -0.15) is 0 Å². The minimum atomic E-state index is -0.714. The third-order valence-corrected chi connectivity index (χ3v) is 2.22.